The van der Waals surface area contributed by atoms with Gasteiger partial charge < -0.3 is 14.9 Å². The average molecular weight is 292 g/mol. The Morgan fingerprint density at radius 2 is 1.81 bits per heavy atom. The predicted octanol–water partition coefficient (Wildman–Crippen LogP) is 2.26. The second-order valence-electron chi connectivity index (χ2n) is 6.57. The van der Waals surface area contributed by atoms with Crippen molar-refractivity contribution >= 4 is 11.8 Å². The molecule has 1 aliphatic heterocycles. The first-order chi connectivity index (χ1) is 9.88. The molecule has 1 N–H and O–H groups in total. The molecule has 1 fully saturated rings. The number of anilines is 2. The molecule has 0 spiro atoms. The first kappa shape index (κ1) is 16.0. The zero-order chi connectivity index (χ0) is 15.6. The van der Waals surface area contributed by atoms with Crippen molar-refractivity contribution in [2.75, 3.05) is 37.0 Å². The van der Waals surface area contributed by atoms with E-state index in [0.29, 0.717) is 11.8 Å². The monoisotopic (exact) mass is 292 g/mol. The molecule has 5 heteroatoms. The molecule has 0 aromatic carbocycles. The third-order valence-corrected chi connectivity index (χ3v) is 4.26. The Kier molecular flexibility index (Phi) is 5.04. The fraction of sp³-hybridized carbons (Fsp3) is 0.750. The maximum Gasteiger partial charge on any atom is 0.227 e. The van der Waals surface area contributed by atoms with Crippen molar-refractivity contribution in [1.29, 1.82) is 0 Å². The van der Waals surface area contributed by atoms with Crippen LogP contribution in [0.2, 0.25) is 0 Å². The normalized spacial score (nSPS) is 18.1. The SMILES string of the molecule is CC(C)c1cc(N2CCC([C@H](C)O)CC2)nc(N(C)C)n1. The molecule has 118 valence electrons. The molecular weight excluding hydrogens is 264 g/mol. The number of hydrogen-bond acceptors (Lipinski definition) is 5. The van der Waals surface area contributed by atoms with Gasteiger partial charge in [0.05, 0.1) is 11.8 Å². The summed E-state index contributed by atoms with van der Waals surface area (Å²) in [6, 6.07) is 2.11. The molecule has 1 aromatic rings. The molecule has 5 nitrogen and oxygen atoms in total. The van der Waals surface area contributed by atoms with Gasteiger partial charge in [0.1, 0.15) is 5.82 Å². The van der Waals surface area contributed by atoms with Crippen molar-refractivity contribution in [2.24, 2.45) is 5.92 Å². The van der Waals surface area contributed by atoms with Crippen LogP contribution in [0, 0.1) is 5.92 Å². The molecule has 1 aromatic heterocycles. The van der Waals surface area contributed by atoms with Crippen LogP contribution in [-0.2, 0) is 0 Å². The predicted molar refractivity (Wildman–Crippen MR) is 87.1 cm³/mol. The highest BCUT2D eigenvalue weighted by molar-refractivity contribution is 5.46. The van der Waals surface area contributed by atoms with Gasteiger partial charge in [0.2, 0.25) is 5.95 Å². The maximum atomic E-state index is 9.72. The number of hydrogen-bond donors (Lipinski definition) is 1. The molecule has 2 heterocycles. The van der Waals surface area contributed by atoms with E-state index in [4.69, 9.17) is 0 Å². The van der Waals surface area contributed by atoms with Gasteiger partial charge in [-0.1, -0.05) is 13.8 Å². The van der Waals surface area contributed by atoms with Gasteiger partial charge >= 0.3 is 0 Å². The first-order valence-corrected chi connectivity index (χ1v) is 7.87. The third kappa shape index (κ3) is 3.84. The summed E-state index contributed by atoms with van der Waals surface area (Å²) >= 11 is 0. The second-order valence-corrected chi connectivity index (χ2v) is 6.57. The lowest BCUT2D eigenvalue weighted by Gasteiger charge is -2.34. The van der Waals surface area contributed by atoms with Gasteiger partial charge in [-0.15, -0.1) is 0 Å². The van der Waals surface area contributed by atoms with Gasteiger partial charge in [0.15, 0.2) is 0 Å². The van der Waals surface area contributed by atoms with Gasteiger partial charge in [-0.3, -0.25) is 0 Å². The maximum absolute atomic E-state index is 9.72. The van der Waals surface area contributed by atoms with Crippen LogP contribution in [0.5, 0.6) is 0 Å². The van der Waals surface area contributed by atoms with Crippen molar-refractivity contribution in [2.45, 2.75) is 45.6 Å². The smallest absolute Gasteiger partial charge is 0.227 e. The molecule has 0 aliphatic carbocycles. The highest BCUT2D eigenvalue weighted by Crippen LogP contribution is 2.27. The number of nitrogens with zero attached hydrogens (tertiary/aromatic N) is 4. The summed E-state index contributed by atoms with van der Waals surface area (Å²) < 4.78 is 0. The van der Waals surface area contributed by atoms with E-state index < -0.39 is 0 Å². The molecule has 2 rings (SSSR count). The largest absolute Gasteiger partial charge is 0.393 e. The zero-order valence-electron chi connectivity index (χ0n) is 13.9. The van der Waals surface area contributed by atoms with E-state index in [1.54, 1.807) is 0 Å². The lowest BCUT2D eigenvalue weighted by atomic mass is 9.92. The van der Waals surface area contributed by atoms with Gasteiger partial charge in [-0.2, -0.15) is 4.98 Å². The Hall–Kier alpha value is -1.36. The quantitative estimate of drug-likeness (QED) is 0.922. The molecule has 0 amide bonds. The average Bonchev–Trinajstić information content (AvgIpc) is 2.46. The molecule has 1 saturated heterocycles. The van der Waals surface area contributed by atoms with Crippen LogP contribution in [0.4, 0.5) is 11.8 Å². The minimum absolute atomic E-state index is 0.207. The van der Waals surface area contributed by atoms with E-state index in [9.17, 15) is 5.11 Å². The Morgan fingerprint density at radius 3 is 2.29 bits per heavy atom. The van der Waals surface area contributed by atoms with Crippen molar-refractivity contribution in [3.8, 4) is 0 Å². The van der Waals surface area contributed by atoms with E-state index in [0.717, 1.165) is 43.4 Å². The Labute approximate surface area is 128 Å². The number of aromatic nitrogens is 2. The highest BCUT2D eigenvalue weighted by Gasteiger charge is 2.24. The highest BCUT2D eigenvalue weighted by atomic mass is 16.3. The van der Waals surface area contributed by atoms with Crippen LogP contribution in [0.15, 0.2) is 6.07 Å². The van der Waals surface area contributed by atoms with Gasteiger partial charge in [-0.25, -0.2) is 4.98 Å². The molecule has 0 bridgehead atoms. The Bertz CT molecular complexity index is 439. The first-order valence-electron chi connectivity index (χ1n) is 7.87. The van der Waals surface area contributed by atoms with Crippen LogP contribution >= 0.6 is 0 Å². The van der Waals surface area contributed by atoms with Gasteiger partial charge in [-0.05, 0) is 31.6 Å². The van der Waals surface area contributed by atoms with Crippen LogP contribution in [-0.4, -0.2) is 48.4 Å². The fourth-order valence-corrected chi connectivity index (χ4v) is 2.71. The van der Waals surface area contributed by atoms with Crippen LogP contribution in [0.1, 0.15) is 45.2 Å². The summed E-state index contributed by atoms with van der Waals surface area (Å²) in [6.07, 6.45) is 1.84. The number of rotatable bonds is 4. The number of piperidine rings is 1. The summed E-state index contributed by atoms with van der Waals surface area (Å²) in [6.45, 7) is 8.12. The van der Waals surface area contributed by atoms with Gasteiger partial charge in [0, 0.05) is 33.3 Å². The van der Waals surface area contributed by atoms with Gasteiger partial charge in [0.25, 0.3) is 0 Å². The molecule has 21 heavy (non-hydrogen) atoms. The summed E-state index contributed by atoms with van der Waals surface area (Å²) in [5.74, 6) is 2.59. The van der Waals surface area contributed by atoms with Crippen LogP contribution < -0.4 is 9.80 Å². The lowest BCUT2D eigenvalue weighted by molar-refractivity contribution is 0.110. The Balaban J connectivity index is 2.19. The molecule has 0 unspecified atom stereocenters. The van der Waals surface area contributed by atoms with Crippen molar-refractivity contribution in [3.63, 3.8) is 0 Å². The van der Waals surface area contributed by atoms with Crippen molar-refractivity contribution < 1.29 is 5.11 Å². The van der Waals surface area contributed by atoms with E-state index in [2.05, 4.69) is 34.8 Å². The molecule has 1 aliphatic rings. The number of aliphatic hydroxyl groups excluding tert-OH is 1. The molecule has 0 radical (unpaired) electrons. The van der Waals surface area contributed by atoms with E-state index in [1.165, 1.54) is 0 Å². The topological polar surface area (TPSA) is 52.5 Å². The number of aliphatic hydroxyl groups is 1. The molecule has 0 saturated carbocycles. The molecule has 1 atom stereocenters. The standard InChI is InChI=1S/C16H28N4O/c1-11(2)14-10-15(18-16(17-14)19(4)5)20-8-6-13(7-9-20)12(3)21/h10-13,21H,6-9H2,1-5H3/t12-/m0/s1. The fourth-order valence-electron chi connectivity index (χ4n) is 2.71. The van der Waals surface area contributed by atoms with E-state index >= 15 is 0 Å². The minimum atomic E-state index is -0.207. The van der Waals surface area contributed by atoms with Crippen LogP contribution in [0.3, 0.4) is 0 Å². The summed E-state index contributed by atoms with van der Waals surface area (Å²) in [5, 5.41) is 9.72. The summed E-state index contributed by atoms with van der Waals surface area (Å²) in [4.78, 5) is 13.6. The van der Waals surface area contributed by atoms with E-state index in [-0.39, 0.29) is 6.10 Å². The second kappa shape index (κ2) is 6.60. The van der Waals surface area contributed by atoms with Crippen molar-refractivity contribution in [3.05, 3.63) is 11.8 Å². The molecular formula is C16H28N4O. The Morgan fingerprint density at radius 1 is 1.19 bits per heavy atom. The third-order valence-electron chi connectivity index (χ3n) is 4.26. The lowest BCUT2D eigenvalue weighted by Crippen LogP contribution is -2.37. The van der Waals surface area contributed by atoms with Crippen LogP contribution in [0.25, 0.3) is 0 Å². The zero-order valence-corrected chi connectivity index (χ0v) is 13.9. The van der Waals surface area contributed by atoms with E-state index in [1.807, 2.05) is 25.9 Å². The van der Waals surface area contributed by atoms with Crippen molar-refractivity contribution in [1.82, 2.24) is 9.97 Å². The minimum Gasteiger partial charge on any atom is -0.393 e. The summed E-state index contributed by atoms with van der Waals surface area (Å²) in [7, 11) is 3.95. The summed E-state index contributed by atoms with van der Waals surface area (Å²) in [5.41, 5.74) is 1.08.